The number of rotatable bonds is 3. The average Bonchev–Trinajstić information content (AvgIpc) is 2.56. The highest BCUT2D eigenvalue weighted by atomic mass is 35.5. The lowest BCUT2D eigenvalue weighted by atomic mass is 9.99. The van der Waals surface area contributed by atoms with Gasteiger partial charge in [-0.2, -0.15) is 0 Å². The number of cyclic esters (lactones) is 1. The Morgan fingerprint density at radius 3 is 2.83 bits per heavy atom. The maximum atomic E-state index is 12.2. The number of hydrogen-bond donors (Lipinski definition) is 0. The second-order valence-corrected chi connectivity index (χ2v) is 5.41. The van der Waals surface area contributed by atoms with Gasteiger partial charge >= 0.3 is 11.9 Å². The molecular formula is C17H11ClO5. The fourth-order valence-electron chi connectivity index (χ4n) is 2.34. The predicted octanol–water partition coefficient (Wildman–Crippen LogP) is 2.84. The predicted molar refractivity (Wildman–Crippen MR) is 81.8 cm³/mol. The van der Waals surface area contributed by atoms with E-state index in [0.717, 1.165) is 5.56 Å². The molecule has 0 spiro atoms. The highest BCUT2D eigenvalue weighted by molar-refractivity contribution is 6.30. The molecule has 1 atom stereocenters. The number of fused-ring (bicyclic) bond motifs is 1. The lowest BCUT2D eigenvalue weighted by molar-refractivity contribution is -0.144. The van der Waals surface area contributed by atoms with E-state index in [0.29, 0.717) is 16.9 Å². The van der Waals surface area contributed by atoms with Gasteiger partial charge in [0.05, 0.1) is 11.1 Å². The van der Waals surface area contributed by atoms with Gasteiger partial charge in [-0.25, -0.2) is 9.59 Å². The molecule has 5 nitrogen and oxygen atoms in total. The zero-order chi connectivity index (χ0) is 16.4. The molecule has 2 aromatic carbocycles. The summed E-state index contributed by atoms with van der Waals surface area (Å²) in [6.07, 6.45) is -0.283. The van der Waals surface area contributed by atoms with Gasteiger partial charge in [0.25, 0.3) is 0 Å². The first-order valence-corrected chi connectivity index (χ1v) is 7.21. The van der Waals surface area contributed by atoms with Crippen molar-refractivity contribution in [3.8, 4) is 5.75 Å². The third kappa shape index (κ3) is 3.10. The summed E-state index contributed by atoms with van der Waals surface area (Å²) >= 11 is 5.79. The van der Waals surface area contributed by atoms with Crippen LogP contribution in [0.1, 0.15) is 26.3 Å². The smallest absolute Gasteiger partial charge is 0.353 e. The van der Waals surface area contributed by atoms with Crippen LogP contribution in [0.25, 0.3) is 0 Å². The number of esters is 2. The fourth-order valence-corrected chi connectivity index (χ4v) is 2.52. The quantitative estimate of drug-likeness (QED) is 0.491. The minimum Gasteiger partial charge on any atom is -0.446 e. The number of halogens is 1. The van der Waals surface area contributed by atoms with E-state index in [9.17, 15) is 14.4 Å². The minimum atomic E-state index is -1.05. The molecule has 0 aromatic heterocycles. The summed E-state index contributed by atoms with van der Waals surface area (Å²) < 4.78 is 10.3. The summed E-state index contributed by atoms with van der Waals surface area (Å²) in [5.41, 5.74) is 1.31. The number of carbonyl (C=O) groups excluding carboxylic acids is 3. The first kappa shape index (κ1) is 15.2. The molecule has 0 radical (unpaired) electrons. The second kappa shape index (κ2) is 6.22. The van der Waals surface area contributed by atoms with Crippen LogP contribution in [0, 0.1) is 0 Å². The van der Waals surface area contributed by atoms with Crippen LogP contribution < -0.4 is 4.74 Å². The second-order valence-electron chi connectivity index (χ2n) is 4.98. The lowest BCUT2D eigenvalue weighted by Crippen LogP contribution is -2.37. The maximum Gasteiger partial charge on any atom is 0.353 e. The van der Waals surface area contributed by atoms with Gasteiger partial charge < -0.3 is 9.47 Å². The standard InChI is InChI=1S/C17H11ClO5/c18-12-5-6-14(11(7-12)9-19)22-17(21)15-8-10-3-1-2-4-13(10)16(20)23-15/h1-7,9,15H,8H2/t15-/m1/s1. The molecule has 0 amide bonds. The summed E-state index contributed by atoms with van der Waals surface area (Å²) in [6, 6.07) is 11.2. The molecule has 116 valence electrons. The Balaban J connectivity index is 1.80. The molecule has 3 rings (SSSR count). The summed E-state index contributed by atoms with van der Waals surface area (Å²) in [7, 11) is 0. The van der Waals surface area contributed by atoms with Crippen LogP contribution >= 0.6 is 11.6 Å². The molecular weight excluding hydrogens is 320 g/mol. The van der Waals surface area contributed by atoms with Crippen molar-refractivity contribution in [2.45, 2.75) is 12.5 Å². The molecule has 2 aromatic rings. The Morgan fingerprint density at radius 2 is 2.04 bits per heavy atom. The molecule has 6 heteroatoms. The Bertz CT molecular complexity index is 799. The number of aldehydes is 1. The van der Waals surface area contributed by atoms with Gasteiger partial charge in [0.15, 0.2) is 6.29 Å². The highest BCUT2D eigenvalue weighted by Crippen LogP contribution is 2.25. The van der Waals surface area contributed by atoms with Crippen LogP contribution in [0.15, 0.2) is 42.5 Å². The van der Waals surface area contributed by atoms with Crippen molar-refractivity contribution < 1.29 is 23.9 Å². The number of hydrogen-bond acceptors (Lipinski definition) is 5. The minimum absolute atomic E-state index is 0.0734. The molecule has 0 bridgehead atoms. The first-order chi connectivity index (χ1) is 11.1. The number of carbonyl (C=O) groups is 3. The van der Waals surface area contributed by atoms with E-state index in [-0.39, 0.29) is 17.7 Å². The molecule has 0 aliphatic carbocycles. The van der Waals surface area contributed by atoms with E-state index in [2.05, 4.69) is 0 Å². The average molecular weight is 331 g/mol. The molecule has 1 heterocycles. The topological polar surface area (TPSA) is 69.7 Å². The third-order valence-electron chi connectivity index (χ3n) is 3.46. The van der Waals surface area contributed by atoms with E-state index in [4.69, 9.17) is 21.1 Å². The number of benzene rings is 2. The summed E-state index contributed by atoms with van der Waals surface area (Å²) in [5, 5.41) is 0.352. The SMILES string of the molecule is O=Cc1cc(Cl)ccc1OC(=O)[C@H]1Cc2ccccc2C(=O)O1. The van der Waals surface area contributed by atoms with Crippen molar-refractivity contribution in [3.05, 3.63) is 64.2 Å². The van der Waals surface area contributed by atoms with Crippen LogP contribution in [0.5, 0.6) is 5.75 Å². The van der Waals surface area contributed by atoms with E-state index >= 15 is 0 Å². The van der Waals surface area contributed by atoms with Gasteiger partial charge in [0.2, 0.25) is 6.10 Å². The summed E-state index contributed by atoms with van der Waals surface area (Å²) in [6.45, 7) is 0. The molecule has 0 unspecified atom stereocenters. The van der Waals surface area contributed by atoms with Crippen molar-refractivity contribution in [1.29, 1.82) is 0 Å². The normalized spacial score (nSPS) is 16.2. The van der Waals surface area contributed by atoms with Crippen LogP contribution in [-0.2, 0) is 16.0 Å². The maximum absolute atomic E-state index is 12.2. The largest absolute Gasteiger partial charge is 0.446 e. The van der Waals surface area contributed by atoms with Crippen LogP contribution in [0.3, 0.4) is 0 Å². The first-order valence-electron chi connectivity index (χ1n) is 6.84. The van der Waals surface area contributed by atoms with Crippen LogP contribution in [0.2, 0.25) is 5.02 Å². The van der Waals surface area contributed by atoms with E-state index < -0.39 is 18.0 Å². The van der Waals surface area contributed by atoms with Crippen molar-refractivity contribution in [3.63, 3.8) is 0 Å². The fraction of sp³-hybridized carbons (Fsp3) is 0.118. The summed E-state index contributed by atoms with van der Waals surface area (Å²) in [5.74, 6) is -1.23. The van der Waals surface area contributed by atoms with Crippen molar-refractivity contribution >= 4 is 29.8 Å². The van der Waals surface area contributed by atoms with Gasteiger partial charge in [0.1, 0.15) is 5.75 Å². The molecule has 23 heavy (non-hydrogen) atoms. The van der Waals surface area contributed by atoms with Gasteiger partial charge in [-0.1, -0.05) is 29.8 Å². The molecule has 1 aliphatic heterocycles. The Labute approximate surface area is 136 Å². The zero-order valence-corrected chi connectivity index (χ0v) is 12.6. The van der Waals surface area contributed by atoms with Crippen molar-refractivity contribution in [2.75, 3.05) is 0 Å². The molecule has 0 saturated carbocycles. The van der Waals surface area contributed by atoms with Gasteiger partial charge in [-0.3, -0.25) is 4.79 Å². The summed E-state index contributed by atoms with van der Waals surface area (Å²) in [4.78, 5) is 35.2. The van der Waals surface area contributed by atoms with E-state index in [1.807, 2.05) is 0 Å². The van der Waals surface area contributed by atoms with Gasteiger partial charge in [-0.05, 0) is 29.8 Å². The van der Waals surface area contributed by atoms with E-state index in [1.54, 1.807) is 24.3 Å². The third-order valence-corrected chi connectivity index (χ3v) is 3.70. The monoisotopic (exact) mass is 330 g/mol. The highest BCUT2D eigenvalue weighted by Gasteiger charge is 2.32. The Kier molecular flexibility index (Phi) is 4.12. The van der Waals surface area contributed by atoms with Crippen molar-refractivity contribution in [2.24, 2.45) is 0 Å². The van der Waals surface area contributed by atoms with Crippen LogP contribution in [-0.4, -0.2) is 24.3 Å². The zero-order valence-electron chi connectivity index (χ0n) is 11.8. The van der Waals surface area contributed by atoms with Gasteiger partial charge in [-0.15, -0.1) is 0 Å². The molecule has 0 saturated heterocycles. The lowest BCUT2D eigenvalue weighted by Gasteiger charge is -2.23. The molecule has 0 N–H and O–H groups in total. The molecule has 1 aliphatic rings. The number of ether oxygens (including phenoxy) is 2. The van der Waals surface area contributed by atoms with Crippen molar-refractivity contribution in [1.82, 2.24) is 0 Å². The van der Waals surface area contributed by atoms with E-state index in [1.165, 1.54) is 18.2 Å². The Hall–Kier alpha value is -2.66. The Morgan fingerprint density at radius 1 is 1.26 bits per heavy atom. The molecule has 0 fully saturated rings. The van der Waals surface area contributed by atoms with Gasteiger partial charge in [0, 0.05) is 11.4 Å². The van der Waals surface area contributed by atoms with Crippen LogP contribution in [0.4, 0.5) is 0 Å².